The summed E-state index contributed by atoms with van der Waals surface area (Å²) in [5, 5.41) is 12.4. The Morgan fingerprint density at radius 3 is 2.72 bits per heavy atom. The molecule has 1 saturated carbocycles. The highest BCUT2D eigenvalue weighted by molar-refractivity contribution is 5.14. The fourth-order valence-corrected chi connectivity index (χ4v) is 2.92. The van der Waals surface area contributed by atoms with Crippen LogP contribution in [0.4, 0.5) is 0 Å². The van der Waals surface area contributed by atoms with E-state index >= 15 is 0 Å². The minimum Gasteiger partial charge on any atom is -0.310 e. The van der Waals surface area contributed by atoms with Crippen LogP contribution in [0.15, 0.2) is 30.3 Å². The molecule has 0 saturated heterocycles. The molecule has 2 heteroatoms. The molecule has 1 N–H and O–H groups in total. The third kappa shape index (κ3) is 3.85. The molecule has 0 aliphatic heterocycles. The number of nitrogens with zero attached hydrogens (tertiary/aromatic N) is 1. The fourth-order valence-electron chi connectivity index (χ4n) is 2.92. The SMILES string of the molecule is N#CCC[C@@H]1CCCC[C@@H]1NCc1ccccc1. The summed E-state index contributed by atoms with van der Waals surface area (Å²) in [5.74, 6) is 0.696. The van der Waals surface area contributed by atoms with Gasteiger partial charge in [-0.2, -0.15) is 5.26 Å². The van der Waals surface area contributed by atoms with Gasteiger partial charge in [-0.15, -0.1) is 0 Å². The summed E-state index contributed by atoms with van der Waals surface area (Å²) in [5.41, 5.74) is 1.35. The summed E-state index contributed by atoms with van der Waals surface area (Å²) in [6, 6.07) is 13.5. The molecule has 2 rings (SSSR count). The maximum atomic E-state index is 8.72. The van der Waals surface area contributed by atoms with E-state index in [1.54, 1.807) is 0 Å². The lowest BCUT2D eigenvalue weighted by atomic mass is 9.81. The van der Waals surface area contributed by atoms with Gasteiger partial charge in [0, 0.05) is 19.0 Å². The summed E-state index contributed by atoms with van der Waals surface area (Å²) in [6.45, 7) is 0.953. The Kier molecular flexibility index (Phi) is 5.23. The van der Waals surface area contributed by atoms with Crippen molar-refractivity contribution in [3.05, 3.63) is 35.9 Å². The molecule has 0 heterocycles. The van der Waals surface area contributed by atoms with Gasteiger partial charge in [-0.05, 0) is 30.7 Å². The van der Waals surface area contributed by atoms with E-state index in [1.165, 1.54) is 31.2 Å². The molecular formula is C16H22N2. The normalized spacial score (nSPS) is 23.5. The molecule has 1 aromatic carbocycles. The highest BCUT2D eigenvalue weighted by atomic mass is 14.9. The standard InChI is InChI=1S/C16H22N2/c17-12-6-10-15-9-4-5-11-16(15)18-13-14-7-2-1-3-8-14/h1-3,7-8,15-16,18H,4-6,9-11,13H2/t15-,16-/m0/s1. The van der Waals surface area contributed by atoms with Crippen LogP contribution >= 0.6 is 0 Å². The van der Waals surface area contributed by atoms with E-state index in [4.69, 9.17) is 5.26 Å². The summed E-state index contributed by atoms with van der Waals surface area (Å²) in [4.78, 5) is 0. The molecule has 0 spiro atoms. The Labute approximate surface area is 110 Å². The van der Waals surface area contributed by atoms with Gasteiger partial charge < -0.3 is 5.32 Å². The van der Waals surface area contributed by atoms with Crippen molar-refractivity contribution in [2.24, 2.45) is 5.92 Å². The van der Waals surface area contributed by atoms with Gasteiger partial charge in [0.2, 0.25) is 0 Å². The van der Waals surface area contributed by atoms with Gasteiger partial charge in [0.15, 0.2) is 0 Å². The van der Waals surface area contributed by atoms with Crippen LogP contribution in [0.2, 0.25) is 0 Å². The van der Waals surface area contributed by atoms with Crippen LogP contribution in [0.1, 0.15) is 44.1 Å². The second-order valence-electron chi connectivity index (χ2n) is 5.21. The first-order valence-electron chi connectivity index (χ1n) is 7.04. The predicted octanol–water partition coefficient (Wildman–Crippen LogP) is 3.64. The van der Waals surface area contributed by atoms with Crippen molar-refractivity contribution in [3.8, 4) is 6.07 Å². The molecule has 0 bridgehead atoms. The van der Waals surface area contributed by atoms with E-state index in [9.17, 15) is 0 Å². The van der Waals surface area contributed by atoms with Crippen molar-refractivity contribution >= 4 is 0 Å². The van der Waals surface area contributed by atoms with Crippen LogP contribution in [0.5, 0.6) is 0 Å². The van der Waals surface area contributed by atoms with Crippen LogP contribution in [0.25, 0.3) is 0 Å². The Morgan fingerprint density at radius 1 is 1.17 bits per heavy atom. The topological polar surface area (TPSA) is 35.8 Å². The fraction of sp³-hybridized carbons (Fsp3) is 0.562. The number of benzene rings is 1. The van der Waals surface area contributed by atoms with Gasteiger partial charge >= 0.3 is 0 Å². The van der Waals surface area contributed by atoms with E-state index in [-0.39, 0.29) is 0 Å². The monoisotopic (exact) mass is 242 g/mol. The minimum atomic E-state index is 0.604. The van der Waals surface area contributed by atoms with Gasteiger partial charge in [-0.1, -0.05) is 43.2 Å². The molecule has 0 radical (unpaired) electrons. The third-order valence-corrected chi connectivity index (χ3v) is 3.95. The quantitative estimate of drug-likeness (QED) is 0.855. The number of nitriles is 1. The van der Waals surface area contributed by atoms with Crippen molar-refractivity contribution in [3.63, 3.8) is 0 Å². The van der Waals surface area contributed by atoms with Gasteiger partial charge in [-0.25, -0.2) is 0 Å². The van der Waals surface area contributed by atoms with Crippen molar-refractivity contribution < 1.29 is 0 Å². The van der Waals surface area contributed by atoms with Crippen molar-refractivity contribution in [1.82, 2.24) is 5.32 Å². The molecule has 1 aliphatic carbocycles. The van der Waals surface area contributed by atoms with E-state index < -0.39 is 0 Å². The summed E-state index contributed by atoms with van der Waals surface area (Å²) in [6.07, 6.45) is 6.98. The number of rotatable bonds is 5. The van der Waals surface area contributed by atoms with Crippen molar-refractivity contribution in [1.29, 1.82) is 5.26 Å². The summed E-state index contributed by atoms with van der Waals surface area (Å²) in [7, 11) is 0. The summed E-state index contributed by atoms with van der Waals surface area (Å²) >= 11 is 0. The van der Waals surface area contributed by atoms with E-state index in [2.05, 4.69) is 41.7 Å². The molecule has 0 aromatic heterocycles. The van der Waals surface area contributed by atoms with Gasteiger partial charge in [0.1, 0.15) is 0 Å². The maximum Gasteiger partial charge on any atom is 0.0621 e. The molecule has 1 aliphatic rings. The molecule has 2 atom stereocenters. The average Bonchev–Trinajstić information content (AvgIpc) is 2.45. The predicted molar refractivity (Wildman–Crippen MR) is 73.9 cm³/mol. The number of nitrogens with one attached hydrogen (secondary N) is 1. The number of hydrogen-bond acceptors (Lipinski definition) is 2. The molecule has 96 valence electrons. The van der Waals surface area contributed by atoms with Crippen LogP contribution in [0.3, 0.4) is 0 Å². The van der Waals surface area contributed by atoms with E-state index in [0.29, 0.717) is 18.4 Å². The zero-order chi connectivity index (χ0) is 12.6. The van der Waals surface area contributed by atoms with Crippen LogP contribution in [-0.4, -0.2) is 6.04 Å². The Bertz CT molecular complexity index is 380. The first-order valence-corrected chi connectivity index (χ1v) is 7.04. The second-order valence-corrected chi connectivity index (χ2v) is 5.21. The van der Waals surface area contributed by atoms with Gasteiger partial charge in [-0.3, -0.25) is 0 Å². The lowest BCUT2D eigenvalue weighted by Gasteiger charge is -2.32. The molecule has 0 amide bonds. The zero-order valence-electron chi connectivity index (χ0n) is 10.9. The maximum absolute atomic E-state index is 8.72. The molecule has 0 unspecified atom stereocenters. The van der Waals surface area contributed by atoms with Gasteiger partial charge in [0.25, 0.3) is 0 Å². The second kappa shape index (κ2) is 7.18. The summed E-state index contributed by atoms with van der Waals surface area (Å²) < 4.78 is 0. The highest BCUT2D eigenvalue weighted by Gasteiger charge is 2.23. The molecule has 2 nitrogen and oxygen atoms in total. The first-order chi connectivity index (χ1) is 8.90. The van der Waals surface area contributed by atoms with Crippen LogP contribution in [0, 0.1) is 17.2 Å². The smallest absolute Gasteiger partial charge is 0.0621 e. The average molecular weight is 242 g/mol. The van der Waals surface area contributed by atoms with Crippen molar-refractivity contribution in [2.45, 2.75) is 51.1 Å². The largest absolute Gasteiger partial charge is 0.310 e. The molecule has 1 fully saturated rings. The minimum absolute atomic E-state index is 0.604. The lowest BCUT2D eigenvalue weighted by molar-refractivity contribution is 0.249. The Morgan fingerprint density at radius 2 is 1.94 bits per heavy atom. The van der Waals surface area contributed by atoms with E-state index in [0.717, 1.165) is 13.0 Å². The molecular weight excluding hydrogens is 220 g/mol. The van der Waals surface area contributed by atoms with Gasteiger partial charge in [0.05, 0.1) is 6.07 Å². The Balaban J connectivity index is 1.84. The molecule has 1 aromatic rings. The zero-order valence-corrected chi connectivity index (χ0v) is 10.9. The highest BCUT2D eigenvalue weighted by Crippen LogP contribution is 2.28. The van der Waals surface area contributed by atoms with Crippen molar-refractivity contribution in [2.75, 3.05) is 0 Å². The number of hydrogen-bond donors (Lipinski definition) is 1. The Hall–Kier alpha value is -1.33. The lowest BCUT2D eigenvalue weighted by Crippen LogP contribution is -2.38. The van der Waals surface area contributed by atoms with E-state index in [1.807, 2.05) is 0 Å². The first kappa shape index (κ1) is 13.1. The third-order valence-electron chi connectivity index (χ3n) is 3.95. The van der Waals surface area contributed by atoms with Crippen LogP contribution < -0.4 is 5.32 Å². The molecule has 18 heavy (non-hydrogen) atoms. The van der Waals surface area contributed by atoms with Crippen LogP contribution in [-0.2, 0) is 6.54 Å².